The zero-order valence-corrected chi connectivity index (χ0v) is 18.1. The third-order valence-corrected chi connectivity index (χ3v) is 5.45. The number of hydrogen-bond donors (Lipinski definition) is 1. The van der Waals surface area contributed by atoms with Crippen LogP contribution in [-0.4, -0.2) is 17.5 Å². The number of rotatable bonds is 7. The zero-order valence-electron chi connectivity index (χ0n) is 17.4. The first-order valence-electron chi connectivity index (χ1n) is 10.2. The van der Waals surface area contributed by atoms with E-state index in [-0.39, 0.29) is 12.5 Å². The van der Waals surface area contributed by atoms with Gasteiger partial charge in [0.1, 0.15) is 11.3 Å². The topological polar surface area (TPSA) is 64.4 Å². The summed E-state index contributed by atoms with van der Waals surface area (Å²) in [6, 6.07) is 20.5. The second-order valence-corrected chi connectivity index (χ2v) is 7.86. The SMILES string of the molecule is CC[C@H](C)c1ccc(OCC(=O)Nc2ccc3oc(-c4ccc(Cl)cc4)nc3c2)cc1. The van der Waals surface area contributed by atoms with E-state index in [9.17, 15) is 4.79 Å². The summed E-state index contributed by atoms with van der Waals surface area (Å²) >= 11 is 5.94. The largest absolute Gasteiger partial charge is 0.484 e. The summed E-state index contributed by atoms with van der Waals surface area (Å²) in [5, 5.41) is 3.49. The number of oxazole rings is 1. The van der Waals surface area contributed by atoms with Gasteiger partial charge in [0, 0.05) is 16.3 Å². The van der Waals surface area contributed by atoms with Crippen molar-refractivity contribution in [2.75, 3.05) is 11.9 Å². The van der Waals surface area contributed by atoms with Gasteiger partial charge in [0.25, 0.3) is 5.91 Å². The van der Waals surface area contributed by atoms with Crippen LogP contribution >= 0.6 is 11.6 Å². The van der Waals surface area contributed by atoms with Gasteiger partial charge >= 0.3 is 0 Å². The van der Waals surface area contributed by atoms with Gasteiger partial charge in [-0.1, -0.05) is 37.6 Å². The van der Waals surface area contributed by atoms with Crippen LogP contribution in [0.1, 0.15) is 31.7 Å². The first kappa shape index (κ1) is 20.9. The van der Waals surface area contributed by atoms with E-state index < -0.39 is 0 Å². The van der Waals surface area contributed by atoms with E-state index in [1.807, 2.05) is 36.4 Å². The fourth-order valence-electron chi connectivity index (χ4n) is 3.20. The molecule has 1 heterocycles. The number of nitrogens with zero attached hydrogens (tertiary/aromatic N) is 1. The summed E-state index contributed by atoms with van der Waals surface area (Å²) in [5.74, 6) is 1.43. The highest BCUT2D eigenvalue weighted by Gasteiger charge is 2.11. The number of carbonyl (C=O) groups is 1. The van der Waals surface area contributed by atoms with Gasteiger partial charge in [-0.05, 0) is 72.5 Å². The molecule has 0 saturated heterocycles. The molecule has 31 heavy (non-hydrogen) atoms. The molecule has 0 bridgehead atoms. The highest BCUT2D eigenvalue weighted by molar-refractivity contribution is 6.30. The van der Waals surface area contributed by atoms with Crippen LogP contribution < -0.4 is 10.1 Å². The quantitative estimate of drug-likeness (QED) is 0.352. The second-order valence-electron chi connectivity index (χ2n) is 7.42. The van der Waals surface area contributed by atoms with Crippen molar-refractivity contribution in [1.82, 2.24) is 4.98 Å². The number of benzene rings is 3. The molecule has 0 spiro atoms. The molecule has 0 aliphatic rings. The van der Waals surface area contributed by atoms with Gasteiger partial charge in [-0.2, -0.15) is 0 Å². The molecule has 0 unspecified atom stereocenters. The Balaban J connectivity index is 1.38. The maximum absolute atomic E-state index is 12.3. The molecular weight excluding hydrogens is 412 g/mol. The van der Waals surface area contributed by atoms with E-state index in [0.29, 0.717) is 39.4 Å². The Hall–Kier alpha value is -3.31. The minimum Gasteiger partial charge on any atom is -0.484 e. The minimum atomic E-state index is -0.244. The van der Waals surface area contributed by atoms with Crippen molar-refractivity contribution >= 4 is 34.3 Å². The predicted molar refractivity (Wildman–Crippen MR) is 124 cm³/mol. The maximum Gasteiger partial charge on any atom is 0.262 e. The zero-order chi connectivity index (χ0) is 21.8. The van der Waals surface area contributed by atoms with Crippen molar-refractivity contribution in [3.63, 3.8) is 0 Å². The lowest BCUT2D eigenvalue weighted by atomic mass is 9.99. The standard InChI is InChI=1S/C25H23ClN2O3/c1-3-16(2)17-6-11-21(12-7-17)30-15-24(29)27-20-10-13-23-22(14-20)28-25(31-23)18-4-8-19(26)9-5-18/h4-14,16H,3,15H2,1-2H3,(H,27,29)/t16-/m0/s1. The highest BCUT2D eigenvalue weighted by atomic mass is 35.5. The Labute approximate surface area is 186 Å². The third-order valence-electron chi connectivity index (χ3n) is 5.19. The van der Waals surface area contributed by atoms with Crippen LogP contribution in [0.3, 0.4) is 0 Å². The van der Waals surface area contributed by atoms with Gasteiger partial charge in [-0.3, -0.25) is 4.79 Å². The van der Waals surface area contributed by atoms with Crippen LogP contribution in [-0.2, 0) is 4.79 Å². The maximum atomic E-state index is 12.3. The molecule has 1 aromatic heterocycles. The van der Waals surface area contributed by atoms with E-state index in [2.05, 4.69) is 24.1 Å². The number of halogens is 1. The molecular formula is C25H23ClN2O3. The molecule has 0 fully saturated rings. The lowest BCUT2D eigenvalue weighted by Gasteiger charge is -2.11. The summed E-state index contributed by atoms with van der Waals surface area (Å²) < 4.78 is 11.4. The minimum absolute atomic E-state index is 0.0739. The Kier molecular flexibility index (Phi) is 6.23. The molecule has 0 radical (unpaired) electrons. The second kappa shape index (κ2) is 9.23. The molecule has 1 N–H and O–H groups in total. The summed E-state index contributed by atoms with van der Waals surface area (Å²) in [4.78, 5) is 16.8. The van der Waals surface area contributed by atoms with Crippen molar-refractivity contribution in [3.8, 4) is 17.2 Å². The van der Waals surface area contributed by atoms with Gasteiger partial charge < -0.3 is 14.5 Å². The number of nitrogens with one attached hydrogen (secondary N) is 1. The van der Waals surface area contributed by atoms with Gasteiger partial charge in [0.2, 0.25) is 5.89 Å². The number of aromatic nitrogens is 1. The molecule has 0 saturated carbocycles. The van der Waals surface area contributed by atoms with Crippen molar-refractivity contribution in [2.24, 2.45) is 0 Å². The molecule has 1 amide bonds. The molecule has 4 aromatic rings. The number of anilines is 1. The number of ether oxygens (including phenoxy) is 1. The van der Waals surface area contributed by atoms with Crippen LogP contribution in [0.5, 0.6) is 5.75 Å². The lowest BCUT2D eigenvalue weighted by molar-refractivity contribution is -0.118. The van der Waals surface area contributed by atoms with Crippen molar-refractivity contribution in [1.29, 1.82) is 0 Å². The molecule has 3 aromatic carbocycles. The van der Waals surface area contributed by atoms with Crippen LogP contribution in [0.25, 0.3) is 22.6 Å². The van der Waals surface area contributed by atoms with E-state index in [4.69, 9.17) is 20.8 Å². The average Bonchev–Trinajstić information content (AvgIpc) is 3.21. The van der Waals surface area contributed by atoms with Gasteiger partial charge in [-0.25, -0.2) is 4.98 Å². The van der Waals surface area contributed by atoms with E-state index in [0.717, 1.165) is 12.0 Å². The van der Waals surface area contributed by atoms with E-state index >= 15 is 0 Å². The first-order valence-corrected chi connectivity index (χ1v) is 10.6. The summed E-state index contributed by atoms with van der Waals surface area (Å²) in [6.07, 6.45) is 1.08. The number of hydrogen-bond acceptors (Lipinski definition) is 4. The smallest absolute Gasteiger partial charge is 0.262 e. The third kappa shape index (κ3) is 5.06. The van der Waals surface area contributed by atoms with Crippen LogP contribution in [0.4, 0.5) is 5.69 Å². The molecule has 5 nitrogen and oxygen atoms in total. The fourth-order valence-corrected chi connectivity index (χ4v) is 3.32. The first-order chi connectivity index (χ1) is 15.0. The molecule has 1 atom stereocenters. The molecule has 158 valence electrons. The van der Waals surface area contributed by atoms with Crippen LogP contribution in [0, 0.1) is 0 Å². The molecule has 4 rings (SSSR count). The number of fused-ring (bicyclic) bond motifs is 1. The molecule has 6 heteroatoms. The lowest BCUT2D eigenvalue weighted by Crippen LogP contribution is -2.20. The number of amides is 1. The van der Waals surface area contributed by atoms with Crippen molar-refractivity contribution < 1.29 is 13.9 Å². The van der Waals surface area contributed by atoms with E-state index in [1.54, 1.807) is 30.3 Å². The summed E-state index contributed by atoms with van der Waals surface area (Å²) in [5.41, 5.74) is 4.02. The van der Waals surface area contributed by atoms with E-state index in [1.165, 1.54) is 5.56 Å². The molecule has 0 aliphatic carbocycles. The molecule has 0 aliphatic heterocycles. The van der Waals surface area contributed by atoms with Crippen LogP contribution in [0.15, 0.2) is 71.1 Å². The predicted octanol–water partition coefficient (Wildman–Crippen LogP) is 6.68. The van der Waals surface area contributed by atoms with Gasteiger partial charge in [0.05, 0.1) is 0 Å². The Morgan fingerprint density at radius 3 is 2.55 bits per heavy atom. The Morgan fingerprint density at radius 2 is 1.84 bits per heavy atom. The van der Waals surface area contributed by atoms with Crippen molar-refractivity contribution in [3.05, 3.63) is 77.3 Å². The average molecular weight is 435 g/mol. The normalized spacial score (nSPS) is 12.0. The van der Waals surface area contributed by atoms with Crippen molar-refractivity contribution in [2.45, 2.75) is 26.2 Å². The Morgan fingerprint density at radius 1 is 1.10 bits per heavy atom. The van der Waals surface area contributed by atoms with Gasteiger partial charge in [0.15, 0.2) is 12.2 Å². The summed E-state index contributed by atoms with van der Waals surface area (Å²) in [6.45, 7) is 4.28. The number of carbonyl (C=O) groups excluding carboxylic acids is 1. The van der Waals surface area contributed by atoms with Gasteiger partial charge in [-0.15, -0.1) is 0 Å². The van der Waals surface area contributed by atoms with Crippen LogP contribution in [0.2, 0.25) is 5.02 Å². The summed E-state index contributed by atoms with van der Waals surface area (Å²) in [7, 11) is 0. The fraction of sp³-hybridized carbons (Fsp3) is 0.200. The highest BCUT2D eigenvalue weighted by Crippen LogP contribution is 2.27. The monoisotopic (exact) mass is 434 g/mol. The Bertz CT molecular complexity index is 1180.